The van der Waals surface area contributed by atoms with E-state index in [2.05, 4.69) is 16.1 Å². The van der Waals surface area contributed by atoms with E-state index in [0.29, 0.717) is 12.8 Å². The predicted octanol–water partition coefficient (Wildman–Crippen LogP) is 0.807. The van der Waals surface area contributed by atoms with Gasteiger partial charge in [0.2, 0.25) is 5.91 Å². The molecule has 1 aromatic carbocycles. The van der Waals surface area contributed by atoms with Crippen LogP contribution in [0.2, 0.25) is 0 Å². The zero-order chi connectivity index (χ0) is 22.5. The molecule has 0 unspecified atom stereocenters. The van der Waals surface area contributed by atoms with Crippen LogP contribution in [0, 0.1) is 0 Å². The lowest BCUT2D eigenvalue weighted by atomic mass is 9.93. The van der Waals surface area contributed by atoms with E-state index >= 15 is 0 Å². The first-order valence-corrected chi connectivity index (χ1v) is 9.89. The Morgan fingerprint density at radius 1 is 1.10 bits per heavy atom. The average Bonchev–Trinajstić information content (AvgIpc) is 2.82. The molecule has 1 atom stereocenters. The number of benzene rings is 1. The Kier molecular flexibility index (Phi) is 7.20. The first-order chi connectivity index (χ1) is 13.9. The summed E-state index contributed by atoms with van der Waals surface area (Å²) in [6, 6.07) is 8.98. The highest BCUT2D eigenvalue weighted by Gasteiger charge is 2.48. The maximum Gasteiger partial charge on any atom is 0.344 e. The molecule has 1 fully saturated rings. The smallest absolute Gasteiger partial charge is 0.344 e. The second-order valence-electron chi connectivity index (χ2n) is 8.89. The third-order valence-corrected chi connectivity index (χ3v) is 4.60. The standard InChI is InChI=1S/C21H31N5O4/c1-20(2,3)22-16(27)13-25(5)14-17(28)24-26-18(29)21(4,23-19(26)30)12-11-15-9-7-6-8-10-15/h6-10H,11-14H2,1-5H3,(H,22,27)(H,23,30)(H,24,28)/t21-/m0/s1. The van der Waals surface area contributed by atoms with Crippen LogP contribution < -0.4 is 16.1 Å². The van der Waals surface area contributed by atoms with Gasteiger partial charge in [-0.1, -0.05) is 30.3 Å². The molecule has 1 heterocycles. The highest BCUT2D eigenvalue weighted by molar-refractivity contribution is 6.07. The van der Waals surface area contributed by atoms with E-state index in [-0.39, 0.29) is 24.5 Å². The van der Waals surface area contributed by atoms with Crippen LogP contribution in [0.3, 0.4) is 0 Å². The zero-order valence-electron chi connectivity index (χ0n) is 18.2. The van der Waals surface area contributed by atoms with Gasteiger partial charge in [-0.2, -0.15) is 5.01 Å². The Morgan fingerprint density at radius 2 is 1.70 bits per heavy atom. The monoisotopic (exact) mass is 417 g/mol. The quantitative estimate of drug-likeness (QED) is 0.542. The number of amides is 5. The van der Waals surface area contributed by atoms with Gasteiger partial charge in [0.05, 0.1) is 13.1 Å². The Bertz CT molecular complexity index is 805. The number of imide groups is 1. The molecule has 1 aliphatic heterocycles. The zero-order valence-corrected chi connectivity index (χ0v) is 18.2. The summed E-state index contributed by atoms with van der Waals surface area (Å²) in [6.45, 7) is 7.11. The molecule has 1 saturated heterocycles. The van der Waals surface area contributed by atoms with Crippen molar-refractivity contribution >= 4 is 23.8 Å². The molecule has 2 rings (SSSR count). The Hall–Kier alpha value is -2.94. The molecule has 0 spiro atoms. The first kappa shape index (κ1) is 23.3. The second kappa shape index (κ2) is 9.25. The van der Waals surface area contributed by atoms with E-state index in [1.54, 1.807) is 14.0 Å². The number of hydrazine groups is 1. The van der Waals surface area contributed by atoms with Crippen LogP contribution in [0.4, 0.5) is 4.79 Å². The van der Waals surface area contributed by atoms with Crippen LogP contribution in [0.5, 0.6) is 0 Å². The summed E-state index contributed by atoms with van der Waals surface area (Å²) in [5, 5.41) is 6.19. The molecule has 0 aromatic heterocycles. The number of hydrogen-bond donors (Lipinski definition) is 3. The lowest BCUT2D eigenvalue weighted by molar-refractivity contribution is -0.139. The van der Waals surface area contributed by atoms with E-state index in [9.17, 15) is 19.2 Å². The van der Waals surface area contributed by atoms with Gasteiger partial charge < -0.3 is 10.6 Å². The van der Waals surface area contributed by atoms with E-state index in [0.717, 1.165) is 10.6 Å². The van der Waals surface area contributed by atoms with Gasteiger partial charge in [0.1, 0.15) is 5.54 Å². The average molecular weight is 418 g/mol. The molecule has 0 radical (unpaired) electrons. The number of rotatable bonds is 8. The van der Waals surface area contributed by atoms with Crippen molar-refractivity contribution in [3.05, 3.63) is 35.9 Å². The van der Waals surface area contributed by atoms with E-state index < -0.39 is 23.4 Å². The largest absolute Gasteiger partial charge is 0.350 e. The summed E-state index contributed by atoms with van der Waals surface area (Å²) in [4.78, 5) is 50.8. The molecule has 1 aromatic rings. The van der Waals surface area contributed by atoms with Crippen LogP contribution in [0.1, 0.15) is 39.7 Å². The SMILES string of the molecule is CN(CC(=O)NN1C(=O)N[C@@](C)(CCc2ccccc2)C1=O)CC(=O)NC(C)(C)C. The molecular weight excluding hydrogens is 386 g/mol. The number of carbonyl (C=O) groups excluding carboxylic acids is 4. The molecule has 0 aliphatic carbocycles. The van der Waals surface area contributed by atoms with Gasteiger partial charge in [0.25, 0.3) is 11.8 Å². The lowest BCUT2D eigenvalue weighted by Crippen LogP contribution is -2.52. The van der Waals surface area contributed by atoms with Gasteiger partial charge in [0.15, 0.2) is 0 Å². The summed E-state index contributed by atoms with van der Waals surface area (Å²) < 4.78 is 0. The van der Waals surface area contributed by atoms with Gasteiger partial charge in [-0.05, 0) is 53.1 Å². The Labute approximate surface area is 177 Å². The summed E-state index contributed by atoms with van der Waals surface area (Å²) >= 11 is 0. The van der Waals surface area contributed by atoms with E-state index in [1.807, 2.05) is 51.1 Å². The van der Waals surface area contributed by atoms with Crippen molar-refractivity contribution < 1.29 is 19.2 Å². The van der Waals surface area contributed by atoms with Crippen LogP contribution >= 0.6 is 0 Å². The third-order valence-electron chi connectivity index (χ3n) is 4.60. The van der Waals surface area contributed by atoms with Crippen LogP contribution in [0.25, 0.3) is 0 Å². The summed E-state index contributed by atoms with van der Waals surface area (Å²) in [7, 11) is 1.61. The minimum atomic E-state index is -1.10. The maximum atomic E-state index is 12.8. The summed E-state index contributed by atoms with van der Waals surface area (Å²) in [5.41, 5.74) is 1.93. The van der Waals surface area contributed by atoms with Gasteiger partial charge in [0, 0.05) is 5.54 Å². The molecule has 9 heteroatoms. The normalized spacial score (nSPS) is 19.1. The fourth-order valence-electron chi connectivity index (χ4n) is 3.16. The molecule has 9 nitrogen and oxygen atoms in total. The molecule has 5 amide bonds. The number of carbonyl (C=O) groups is 4. The van der Waals surface area contributed by atoms with Crippen LogP contribution in [0.15, 0.2) is 30.3 Å². The Balaban J connectivity index is 1.88. The highest BCUT2D eigenvalue weighted by Crippen LogP contribution is 2.22. The maximum absolute atomic E-state index is 12.8. The van der Waals surface area contributed by atoms with Gasteiger partial charge >= 0.3 is 6.03 Å². The highest BCUT2D eigenvalue weighted by atomic mass is 16.2. The van der Waals surface area contributed by atoms with Gasteiger partial charge in [-0.15, -0.1) is 0 Å². The van der Waals surface area contributed by atoms with Crippen LogP contribution in [-0.4, -0.2) is 64.9 Å². The minimum absolute atomic E-state index is 0.0135. The lowest BCUT2D eigenvalue weighted by Gasteiger charge is -2.24. The van der Waals surface area contributed by atoms with Crippen molar-refractivity contribution in [2.24, 2.45) is 0 Å². The third kappa shape index (κ3) is 6.55. The van der Waals surface area contributed by atoms with E-state index in [1.165, 1.54) is 4.90 Å². The second-order valence-corrected chi connectivity index (χ2v) is 8.89. The molecular formula is C21H31N5O4. The number of urea groups is 1. The number of aryl methyl sites for hydroxylation is 1. The van der Waals surface area contributed by atoms with Crippen molar-refractivity contribution in [1.82, 2.24) is 26.0 Å². The summed E-state index contributed by atoms with van der Waals surface area (Å²) in [5.74, 6) is -1.29. The minimum Gasteiger partial charge on any atom is -0.350 e. The van der Waals surface area contributed by atoms with Crippen molar-refractivity contribution in [2.45, 2.75) is 51.6 Å². The van der Waals surface area contributed by atoms with Crippen molar-refractivity contribution in [3.63, 3.8) is 0 Å². The summed E-state index contributed by atoms with van der Waals surface area (Å²) in [6.07, 6.45) is 1.01. The Morgan fingerprint density at radius 3 is 2.30 bits per heavy atom. The van der Waals surface area contributed by atoms with Gasteiger partial charge in [-0.3, -0.25) is 24.7 Å². The molecule has 3 N–H and O–H groups in total. The van der Waals surface area contributed by atoms with Crippen molar-refractivity contribution in [1.29, 1.82) is 0 Å². The molecule has 0 saturated carbocycles. The van der Waals surface area contributed by atoms with Crippen molar-refractivity contribution in [3.8, 4) is 0 Å². The number of nitrogens with zero attached hydrogens (tertiary/aromatic N) is 2. The molecule has 1 aliphatic rings. The molecule has 30 heavy (non-hydrogen) atoms. The fourth-order valence-corrected chi connectivity index (χ4v) is 3.16. The number of hydrogen-bond acceptors (Lipinski definition) is 5. The molecule has 0 bridgehead atoms. The first-order valence-electron chi connectivity index (χ1n) is 9.89. The van der Waals surface area contributed by atoms with Gasteiger partial charge in [-0.25, -0.2) is 4.79 Å². The molecule has 164 valence electrons. The fraction of sp³-hybridized carbons (Fsp3) is 0.524. The van der Waals surface area contributed by atoms with Crippen molar-refractivity contribution in [2.75, 3.05) is 20.1 Å². The van der Waals surface area contributed by atoms with Crippen LogP contribution in [-0.2, 0) is 20.8 Å². The topological polar surface area (TPSA) is 111 Å². The number of nitrogens with one attached hydrogen (secondary N) is 3. The predicted molar refractivity (Wildman–Crippen MR) is 112 cm³/mol. The number of likely N-dealkylation sites (N-methyl/N-ethyl adjacent to an activating group) is 1. The van der Waals surface area contributed by atoms with E-state index in [4.69, 9.17) is 0 Å².